The number of hydrogen-bond donors (Lipinski definition) is 0. The molecule has 0 heterocycles. The lowest BCUT2D eigenvalue weighted by Gasteiger charge is -2.22. The highest BCUT2D eigenvalue weighted by Crippen LogP contribution is 2.51. The SMILES string of the molecule is CCOC(=O)C(CC)P(=O)(CC)CC. The fraction of sp³-hybridized carbons (Fsp3) is 0.900. The van der Waals surface area contributed by atoms with Crippen molar-refractivity contribution in [3.05, 3.63) is 0 Å². The van der Waals surface area contributed by atoms with Crippen molar-refractivity contribution in [2.45, 2.75) is 39.8 Å². The molecule has 0 bridgehead atoms. The van der Waals surface area contributed by atoms with Crippen LogP contribution < -0.4 is 0 Å². The van der Waals surface area contributed by atoms with Crippen LogP contribution in [0.25, 0.3) is 0 Å². The first-order valence-corrected chi connectivity index (χ1v) is 7.44. The molecule has 1 atom stereocenters. The summed E-state index contributed by atoms with van der Waals surface area (Å²) >= 11 is 0. The van der Waals surface area contributed by atoms with Crippen LogP contribution in [0, 0.1) is 0 Å². The monoisotopic (exact) mass is 220 g/mol. The molecule has 0 saturated heterocycles. The molecular weight excluding hydrogens is 199 g/mol. The number of rotatable bonds is 6. The lowest BCUT2D eigenvalue weighted by atomic mass is 10.3. The highest BCUT2D eigenvalue weighted by molar-refractivity contribution is 7.65. The molecule has 1 unspecified atom stereocenters. The van der Waals surface area contributed by atoms with E-state index in [-0.39, 0.29) is 5.97 Å². The predicted molar refractivity (Wildman–Crippen MR) is 59.4 cm³/mol. The Hall–Kier alpha value is -0.300. The van der Waals surface area contributed by atoms with Gasteiger partial charge in [-0.15, -0.1) is 0 Å². The molecule has 0 rings (SSSR count). The van der Waals surface area contributed by atoms with Crippen LogP contribution in [0.15, 0.2) is 0 Å². The summed E-state index contributed by atoms with van der Waals surface area (Å²) < 4.78 is 17.2. The van der Waals surface area contributed by atoms with Gasteiger partial charge in [0.1, 0.15) is 12.8 Å². The maximum atomic E-state index is 12.3. The van der Waals surface area contributed by atoms with Gasteiger partial charge in [0.15, 0.2) is 0 Å². The summed E-state index contributed by atoms with van der Waals surface area (Å²) in [5.74, 6) is -0.290. The third-order valence-electron chi connectivity index (χ3n) is 2.58. The van der Waals surface area contributed by atoms with E-state index in [9.17, 15) is 9.36 Å². The highest BCUT2D eigenvalue weighted by atomic mass is 31.2. The minimum Gasteiger partial charge on any atom is -0.465 e. The van der Waals surface area contributed by atoms with E-state index in [1.54, 1.807) is 6.92 Å². The second-order valence-corrected chi connectivity index (χ2v) is 7.05. The normalized spacial score (nSPS) is 13.7. The van der Waals surface area contributed by atoms with Crippen molar-refractivity contribution in [3.63, 3.8) is 0 Å². The summed E-state index contributed by atoms with van der Waals surface area (Å²) in [6, 6.07) is 0. The van der Waals surface area contributed by atoms with Gasteiger partial charge in [-0.2, -0.15) is 0 Å². The van der Waals surface area contributed by atoms with Crippen molar-refractivity contribution in [2.24, 2.45) is 0 Å². The molecule has 0 aliphatic carbocycles. The first-order chi connectivity index (χ1) is 6.55. The van der Waals surface area contributed by atoms with Crippen molar-refractivity contribution in [1.29, 1.82) is 0 Å². The van der Waals surface area contributed by atoms with Gasteiger partial charge in [-0.05, 0) is 25.7 Å². The molecule has 0 saturated carbocycles. The van der Waals surface area contributed by atoms with Crippen molar-refractivity contribution < 1.29 is 14.1 Å². The number of esters is 1. The molecule has 0 aliphatic heterocycles. The van der Waals surface area contributed by atoms with Gasteiger partial charge in [0.25, 0.3) is 0 Å². The van der Waals surface area contributed by atoms with Gasteiger partial charge in [-0.1, -0.05) is 20.8 Å². The summed E-state index contributed by atoms with van der Waals surface area (Å²) in [6.45, 7) is 7.79. The Morgan fingerprint density at radius 3 is 2.00 bits per heavy atom. The van der Waals surface area contributed by atoms with Crippen molar-refractivity contribution in [3.8, 4) is 0 Å². The van der Waals surface area contributed by atoms with E-state index in [0.717, 1.165) is 0 Å². The Kier molecular flexibility index (Phi) is 6.10. The maximum absolute atomic E-state index is 12.3. The second-order valence-electron chi connectivity index (χ2n) is 3.26. The van der Waals surface area contributed by atoms with E-state index in [2.05, 4.69) is 0 Å². The fourth-order valence-corrected chi connectivity index (χ4v) is 4.05. The van der Waals surface area contributed by atoms with Gasteiger partial charge in [-0.25, -0.2) is 0 Å². The average Bonchev–Trinajstić information content (AvgIpc) is 2.19. The van der Waals surface area contributed by atoms with Gasteiger partial charge >= 0.3 is 5.97 Å². The Balaban J connectivity index is 4.69. The molecule has 0 fully saturated rings. The van der Waals surface area contributed by atoms with E-state index in [0.29, 0.717) is 25.4 Å². The largest absolute Gasteiger partial charge is 0.465 e. The smallest absolute Gasteiger partial charge is 0.316 e. The van der Waals surface area contributed by atoms with Gasteiger partial charge < -0.3 is 9.30 Å². The third-order valence-corrected chi connectivity index (χ3v) is 6.44. The zero-order valence-corrected chi connectivity index (χ0v) is 10.5. The average molecular weight is 220 g/mol. The summed E-state index contributed by atoms with van der Waals surface area (Å²) in [5, 5.41) is 0. The molecule has 0 aromatic carbocycles. The van der Waals surface area contributed by atoms with Crippen LogP contribution in [0.5, 0.6) is 0 Å². The summed E-state index contributed by atoms with van der Waals surface area (Å²) in [7, 11) is -2.35. The topological polar surface area (TPSA) is 43.4 Å². The molecule has 0 amide bonds. The number of carbonyl (C=O) groups is 1. The Morgan fingerprint density at radius 2 is 1.71 bits per heavy atom. The molecule has 0 aromatic heterocycles. The summed E-state index contributed by atoms with van der Waals surface area (Å²) in [5.41, 5.74) is -0.391. The van der Waals surface area contributed by atoms with Crippen LogP contribution in [-0.4, -0.2) is 30.6 Å². The van der Waals surface area contributed by atoms with E-state index < -0.39 is 12.8 Å². The molecule has 0 aromatic rings. The van der Waals surface area contributed by atoms with Crippen LogP contribution in [0.2, 0.25) is 0 Å². The Morgan fingerprint density at radius 1 is 1.21 bits per heavy atom. The van der Waals surface area contributed by atoms with Crippen LogP contribution >= 0.6 is 7.14 Å². The molecular formula is C10H21O3P. The molecule has 0 N–H and O–H groups in total. The van der Waals surface area contributed by atoms with Crippen LogP contribution in [0.4, 0.5) is 0 Å². The van der Waals surface area contributed by atoms with Gasteiger partial charge in [0.2, 0.25) is 0 Å². The second kappa shape index (κ2) is 6.23. The van der Waals surface area contributed by atoms with Gasteiger partial charge in [0.05, 0.1) is 6.61 Å². The van der Waals surface area contributed by atoms with Crippen LogP contribution in [0.3, 0.4) is 0 Å². The molecule has 0 spiro atoms. The van der Waals surface area contributed by atoms with Crippen molar-refractivity contribution >= 4 is 13.1 Å². The molecule has 84 valence electrons. The van der Waals surface area contributed by atoms with E-state index >= 15 is 0 Å². The highest BCUT2D eigenvalue weighted by Gasteiger charge is 2.34. The minimum absolute atomic E-state index is 0.290. The van der Waals surface area contributed by atoms with E-state index in [1.807, 2.05) is 20.8 Å². The number of carbonyl (C=O) groups excluding carboxylic acids is 1. The first-order valence-electron chi connectivity index (χ1n) is 5.30. The fourth-order valence-electron chi connectivity index (χ4n) is 1.59. The third kappa shape index (κ3) is 3.13. The van der Waals surface area contributed by atoms with Crippen molar-refractivity contribution in [1.82, 2.24) is 0 Å². The maximum Gasteiger partial charge on any atom is 0.316 e. The molecule has 3 nitrogen and oxygen atoms in total. The Bertz CT molecular complexity index is 217. The lowest BCUT2D eigenvalue weighted by molar-refractivity contribution is -0.142. The summed E-state index contributed by atoms with van der Waals surface area (Å²) in [6.07, 6.45) is 1.78. The zero-order chi connectivity index (χ0) is 11.2. The minimum atomic E-state index is -2.35. The van der Waals surface area contributed by atoms with Gasteiger partial charge in [-0.3, -0.25) is 4.79 Å². The predicted octanol–water partition coefficient (Wildman–Crippen LogP) is 2.73. The lowest BCUT2D eigenvalue weighted by Crippen LogP contribution is -2.24. The van der Waals surface area contributed by atoms with Gasteiger partial charge in [0, 0.05) is 0 Å². The van der Waals surface area contributed by atoms with Crippen LogP contribution in [-0.2, 0) is 14.1 Å². The van der Waals surface area contributed by atoms with E-state index in [4.69, 9.17) is 4.74 Å². The number of ether oxygens (including phenoxy) is 1. The Labute approximate surface area is 86.6 Å². The quantitative estimate of drug-likeness (QED) is 0.510. The zero-order valence-electron chi connectivity index (χ0n) is 9.58. The van der Waals surface area contributed by atoms with E-state index in [1.165, 1.54) is 0 Å². The first kappa shape index (κ1) is 13.7. The number of hydrogen-bond acceptors (Lipinski definition) is 3. The molecule has 4 heteroatoms. The summed E-state index contributed by atoms with van der Waals surface area (Å²) in [4.78, 5) is 11.5. The molecule has 14 heavy (non-hydrogen) atoms. The standard InChI is InChI=1S/C10H21O3P/c1-5-9(10(11)13-6-2)14(12,7-3)8-4/h9H,5-8H2,1-4H3. The van der Waals surface area contributed by atoms with Crippen molar-refractivity contribution in [2.75, 3.05) is 18.9 Å². The molecule has 0 radical (unpaired) electrons. The van der Waals surface area contributed by atoms with Crippen LogP contribution in [0.1, 0.15) is 34.1 Å². The molecule has 0 aliphatic rings.